The number of carbonyl (C=O) groups excluding carboxylic acids is 2. The van der Waals surface area contributed by atoms with Crippen LogP contribution in [0.5, 0.6) is 0 Å². The number of hydrogen-bond acceptors (Lipinski definition) is 6. The number of hydrogen-bond donors (Lipinski definition) is 2. The zero-order chi connectivity index (χ0) is 20.5. The van der Waals surface area contributed by atoms with E-state index >= 15 is 0 Å². The summed E-state index contributed by atoms with van der Waals surface area (Å²) in [5.74, 6) is -0.456. The molecule has 0 aliphatic heterocycles. The van der Waals surface area contributed by atoms with Crippen LogP contribution in [0.3, 0.4) is 0 Å². The van der Waals surface area contributed by atoms with Crippen molar-refractivity contribution in [1.82, 2.24) is 15.5 Å². The van der Waals surface area contributed by atoms with Crippen molar-refractivity contribution in [2.45, 2.75) is 17.2 Å². The topological polar surface area (TPSA) is 84.0 Å². The van der Waals surface area contributed by atoms with E-state index in [0.717, 1.165) is 6.42 Å². The van der Waals surface area contributed by atoms with Crippen LogP contribution in [0.1, 0.15) is 11.1 Å². The Balaban J connectivity index is 1.37. The lowest BCUT2D eigenvalue weighted by molar-refractivity contribution is -0.118. The molecule has 1 aromatic heterocycles. The Morgan fingerprint density at radius 2 is 1.72 bits per heavy atom. The molecule has 2 aromatic carbocycles. The third-order valence-electron chi connectivity index (χ3n) is 3.84. The van der Waals surface area contributed by atoms with E-state index in [-0.39, 0.29) is 29.8 Å². The van der Waals surface area contributed by atoms with Gasteiger partial charge in [0.1, 0.15) is 5.82 Å². The molecule has 0 bridgehead atoms. The summed E-state index contributed by atoms with van der Waals surface area (Å²) in [5, 5.41) is 13.8. The molecule has 0 atom stereocenters. The van der Waals surface area contributed by atoms with Crippen LogP contribution in [0.25, 0.3) is 0 Å². The smallest absolute Gasteiger partial charge is 0.230 e. The van der Waals surface area contributed by atoms with Crippen LogP contribution >= 0.6 is 23.1 Å². The number of thioether (sulfide) groups is 1. The van der Waals surface area contributed by atoms with Crippen molar-refractivity contribution in [2.24, 2.45) is 0 Å². The second kappa shape index (κ2) is 10.7. The average molecular weight is 431 g/mol. The Morgan fingerprint density at radius 3 is 2.48 bits per heavy atom. The number of nitrogens with one attached hydrogen (secondary N) is 2. The summed E-state index contributed by atoms with van der Waals surface area (Å²) >= 11 is 2.47. The lowest BCUT2D eigenvalue weighted by Gasteiger charge is -2.04. The van der Waals surface area contributed by atoms with Gasteiger partial charge in [0, 0.05) is 6.54 Å². The van der Waals surface area contributed by atoms with Gasteiger partial charge in [-0.2, -0.15) is 0 Å². The lowest BCUT2D eigenvalue weighted by Crippen LogP contribution is -2.27. The zero-order valence-corrected chi connectivity index (χ0v) is 17.1. The fourth-order valence-electron chi connectivity index (χ4n) is 2.44. The van der Waals surface area contributed by atoms with E-state index in [1.807, 2.05) is 30.3 Å². The number of halogens is 1. The number of nitrogens with zero attached hydrogens (tertiary/aromatic N) is 2. The van der Waals surface area contributed by atoms with Gasteiger partial charge in [-0.1, -0.05) is 65.6 Å². The highest BCUT2D eigenvalue weighted by Gasteiger charge is 2.11. The fourth-order valence-corrected chi connectivity index (χ4v) is 4.04. The molecule has 0 spiro atoms. The monoisotopic (exact) mass is 430 g/mol. The maximum absolute atomic E-state index is 12.9. The van der Waals surface area contributed by atoms with Crippen LogP contribution in [0, 0.1) is 5.82 Å². The van der Waals surface area contributed by atoms with Gasteiger partial charge in [-0.25, -0.2) is 4.39 Å². The van der Waals surface area contributed by atoms with E-state index in [1.165, 1.54) is 40.8 Å². The molecule has 150 valence electrons. The van der Waals surface area contributed by atoms with Gasteiger partial charge >= 0.3 is 0 Å². The minimum atomic E-state index is -0.343. The molecule has 1 heterocycles. The summed E-state index contributed by atoms with van der Waals surface area (Å²) in [5.41, 5.74) is 1.88. The lowest BCUT2D eigenvalue weighted by atomic mass is 10.1. The molecule has 0 saturated carbocycles. The van der Waals surface area contributed by atoms with Crippen molar-refractivity contribution in [3.05, 3.63) is 71.5 Å². The van der Waals surface area contributed by atoms with E-state index in [4.69, 9.17) is 0 Å². The quantitative estimate of drug-likeness (QED) is 0.402. The number of aromatic nitrogens is 2. The third kappa shape index (κ3) is 7.28. The maximum Gasteiger partial charge on any atom is 0.230 e. The number of benzene rings is 2. The van der Waals surface area contributed by atoms with E-state index < -0.39 is 0 Å². The largest absolute Gasteiger partial charge is 0.355 e. The SMILES string of the molecule is O=C(CSc1nnc(NC(=O)Cc2ccc(F)cc2)s1)NCCc1ccccc1. The normalized spacial score (nSPS) is 10.5. The Kier molecular flexibility index (Phi) is 7.71. The van der Waals surface area contributed by atoms with Gasteiger partial charge in [-0.3, -0.25) is 9.59 Å². The molecule has 0 radical (unpaired) electrons. The van der Waals surface area contributed by atoms with Gasteiger partial charge in [-0.15, -0.1) is 10.2 Å². The van der Waals surface area contributed by atoms with Crippen molar-refractivity contribution in [1.29, 1.82) is 0 Å². The van der Waals surface area contributed by atoms with Crippen molar-refractivity contribution < 1.29 is 14.0 Å². The molecule has 29 heavy (non-hydrogen) atoms. The molecule has 0 aliphatic carbocycles. The standard InChI is InChI=1S/C20H19FN4O2S2/c21-16-8-6-15(7-9-16)12-17(26)23-19-24-25-20(29-19)28-13-18(27)22-11-10-14-4-2-1-3-5-14/h1-9H,10-13H2,(H,22,27)(H,23,24,26). The number of anilines is 1. The van der Waals surface area contributed by atoms with Gasteiger partial charge in [0.15, 0.2) is 4.34 Å². The van der Waals surface area contributed by atoms with Crippen LogP contribution in [-0.2, 0) is 22.4 Å². The summed E-state index contributed by atoms with van der Waals surface area (Å²) in [7, 11) is 0. The van der Waals surface area contributed by atoms with Crippen molar-refractivity contribution in [2.75, 3.05) is 17.6 Å². The van der Waals surface area contributed by atoms with Crippen LogP contribution < -0.4 is 10.6 Å². The summed E-state index contributed by atoms with van der Waals surface area (Å²) < 4.78 is 13.5. The Hall–Kier alpha value is -2.78. The minimum Gasteiger partial charge on any atom is -0.355 e. The highest BCUT2D eigenvalue weighted by Crippen LogP contribution is 2.25. The summed E-state index contributed by atoms with van der Waals surface area (Å²) in [4.78, 5) is 24.0. The maximum atomic E-state index is 12.9. The highest BCUT2D eigenvalue weighted by atomic mass is 32.2. The van der Waals surface area contributed by atoms with E-state index in [0.29, 0.717) is 21.6 Å². The van der Waals surface area contributed by atoms with Crippen LogP contribution in [0.2, 0.25) is 0 Å². The molecular weight excluding hydrogens is 411 g/mol. The van der Waals surface area contributed by atoms with Gasteiger partial charge in [0.2, 0.25) is 16.9 Å². The first-order valence-electron chi connectivity index (χ1n) is 8.90. The second-order valence-electron chi connectivity index (χ2n) is 6.10. The number of amides is 2. The Bertz CT molecular complexity index is 949. The molecule has 0 unspecified atom stereocenters. The van der Waals surface area contributed by atoms with Crippen molar-refractivity contribution in [3.8, 4) is 0 Å². The molecule has 2 N–H and O–H groups in total. The second-order valence-corrected chi connectivity index (χ2v) is 8.30. The van der Waals surface area contributed by atoms with Crippen molar-refractivity contribution in [3.63, 3.8) is 0 Å². The Labute approximate surface area is 175 Å². The van der Waals surface area contributed by atoms with E-state index in [9.17, 15) is 14.0 Å². The predicted molar refractivity (Wildman–Crippen MR) is 113 cm³/mol. The number of carbonyl (C=O) groups is 2. The Morgan fingerprint density at radius 1 is 0.966 bits per heavy atom. The first-order valence-corrected chi connectivity index (χ1v) is 10.7. The molecule has 0 saturated heterocycles. The van der Waals surface area contributed by atoms with Crippen LogP contribution in [-0.4, -0.2) is 34.3 Å². The molecule has 0 aliphatic rings. The van der Waals surface area contributed by atoms with Crippen LogP contribution in [0.4, 0.5) is 9.52 Å². The van der Waals surface area contributed by atoms with E-state index in [2.05, 4.69) is 20.8 Å². The predicted octanol–water partition coefficient (Wildman–Crippen LogP) is 3.31. The molecule has 6 nitrogen and oxygen atoms in total. The third-order valence-corrected chi connectivity index (χ3v) is 5.81. The van der Waals surface area contributed by atoms with Gasteiger partial charge in [-0.05, 0) is 29.7 Å². The first kappa shape index (κ1) is 20.9. The van der Waals surface area contributed by atoms with Gasteiger partial charge < -0.3 is 10.6 Å². The summed E-state index contributed by atoms with van der Waals surface area (Å²) in [6.45, 7) is 0.574. The molecule has 0 fully saturated rings. The summed E-state index contributed by atoms with van der Waals surface area (Å²) in [6, 6.07) is 15.7. The van der Waals surface area contributed by atoms with E-state index in [1.54, 1.807) is 12.1 Å². The summed E-state index contributed by atoms with van der Waals surface area (Å²) in [6.07, 6.45) is 0.895. The molecule has 3 aromatic rings. The van der Waals surface area contributed by atoms with Crippen LogP contribution in [0.15, 0.2) is 58.9 Å². The van der Waals surface area contributed by atoms with Gasteiger partial charge in [0.05, 0.1) is 12.2 Å². The first-order chi connectivity index (χ1) is 14.1. The van der Waals surface area contributed by atoms with Crippen molar-refractivity contribution >= 4 is 40.0 Å². The molecule has 2 amide bonds. The zero-order valence-electron chi connectivity index (χ0n) is 15.4. The molecule has 3 rings (SSSR count). The average Bonchev–Trinajstić information content (AvgIpc) is 3.16. The molecule has 9 heteroatoms. The van der Waals surface area contributed by atoms with Gasteiger partial charge in [0.25, 0.3) is 0 Å². The minimum absolute atomic E-state index is 0.0805. The highest BCUT2D eigenvalue weighted by molar-refractivity contribution is 8.01. The molecular formula is C20H19FN4O2S2. The number of rotatable bonds is 9. The fraction of sp³-hybridized carbons (Fsp3) is 0.200.